The third kappa shape index (κ3) is 6.09. The summed E-state index contributed by atoms with van der Waals surface area (Å²) >= 11 is 0. The maximum absolute atomic E-state index is 12.2. The fraction of sp³-hybridized carbons (Fsp3) is 0.300. The summed E-state index contributed by atoms with van der Waals surface area (Å²) in [4.78, 5) is 25.8. The SMILES string of the molecule is Cc1ccccc1N(CC(=O)OCC(=O)N(C)Cc1ccccc1)S(C)(=O)=O. The number of benzene rings is 2. The summed E-state index contributed by atoms with van der Waals surface area (Å²) in [5.41, 5.74) is 2.06. The van der Waals surface area contributed by atoms with Gasteiger partial charge in [-0.3, -0.25) is 13.9 Å². The summed E-state index contributed by atoms with van der Waals surface area (Å²) < 4.78 is 30.2. The summed E-state index contributed by atoms with van der Waals surface area (Å²) in [5, 5.41) is 0. The molecule has 0 fully saturated rings. The van der Waals surface area contributed by atoms with E-state index < -0.39 is 29.1 Å². The molecule has 8 heteroatoms. The van der Waals surface area contributed by atoms with Crippen molar-refractivity contribution in [3.8, 4) is 0 Å². The molecular formula is C20H24N2O5S. The van der Waals surface area contributed by atoms with E-state index in [0.717, 1.165) is 16.1 Å². The van der Waals surface area contributed by atoms with Crippen molar-refractivity contribution in [2.24, 2.45) is 0 Å². The molecular weight excluding hydrogens is 380 g/mol. The molecule has 0 heterocycles. The molecule has 7 nitrogen and oxygen atoms in total. The third-order valence-corrected chi connectivity index (χ3v) is 5.23. The van der Waals surface area contributed by atoms with Crippen LogP contribution in [0, 0.1) is 6.92 Å². The maximum Gasteiger partial charge on any atom is 0.327 e. The Balaban J connectivity index is 1.96. The summed E-state index contributed by atoms with van der Waals surface area (Å²) in [7, 11) is -2.08. The molecule has 2 rings (SSSR count). The average Bonchev–Trinajstić information content (AvgIpc) is 2.64. The smallest absolute Gasteiger partial charge is 0.327 e. The van der Waals surface area contributed by atoms with Gasteiger partial charge in [0.1, 0.15) is 6.54 Å². The minimum absolute atomic E-state index is 0.376. The lowest BCUT2D eigenvalue weighted by molar-refractivity contribution is -0.150. The minimum atomic E-state index is -3.69. The highest BCUT2D eigenvalue weighted by molar-refractivity contribution is 7.92. The number of para-hydroxylation sites is 1. The van der Waals surface area contributed by atoms with Gasteiger partial charge in [0.25, 0.3) is 5.91 Å². The van der Waals surface area contributed by atoms with Crippen molar-refractivity contribution in [3.05, 3.63) is 65.7 Å². The lowest BCUT2D eigenvalue weighted by Crippen LogP contribution is -2.38. The summed E-state index contributed by atoms with van der Waals surface area (Å²) in [5.74, 6) is -1.17. The van der Waals surface area contributed by atoms with E-state index in [-0.39, 0.29) is 5.91 Å². The number of sulfonamides is 1. The van der Waals surface area contributed by atoms with Gasteiger partial charge in [-0.2, -0.15) is 0 Å². The second-order valence-corrected chi connectivity index (χ2v) is 8.36. The van der Waals surface area contributed by atoms with E-state index in [1.807, 2.05) is 30.3 Å². The quantitative estimate of drug-likeness (QED) is 0.628. The molecule has 0 aliphatic heterocycles. The van der Waals surface area contributed by atoms with Crippen LogP contribution in [0.5, 0.6) is 0 Å². The molecule has 28 heavy (non-hydrogen) atoms. The molecule has 1 amide bonds. The number of rotatable bonds is 8. The molecule has 0 saturated heterocycles. The van der Waals surface area contributed by atoms with Crippen LogP contribution in [-0.2, 0) is 30.9 Å². The third-order valence-electron chi connectivity index (χ3n) is 4.10. The second kappa shape index (κ2) is 9.36. The zero-order valence-corrected chi connectivity index (χ0v) is 17.0. The van der Waals surface area contributed by atoms with Gasteiger partial charge < -0.3 is 9.64 Å². The molecule has 2 aromatic rings. The molecule has 2 aromatic carbocycles. The molecule has 0 N–H and O–H groups in total. The molecule has 0 radical (unpaired) electrons. The first-order valence-corrected chi connectivity index (χ1v) is 10.5. The Morgan fingerprint density at radius 1 is 1.00 bits per heavy atom. The van der Waals surface area contributed by atoms with Crippen LogP contribution in [0.15, 0.2) is 54.6 Å². The van der Waals surface area contributed by atoms with Gasteiger partial charge in [0.2, 0.25) is 10.0 Å². The first-order chi connectivity index (χ1) is 13.2. The first kappa shape index (κ1) is 21.4. The monoisotopic (exact) mass is 404 g/mol. The van der Waals surface area contributed by atoms with Crippen LogP contribution in [0.3, 0.4) is 0 Å². The standard InChI is InChI=1S/C20H24N2O5S/c1-16-9-7-8-12-18(16)22(28(3,25)26)14-20(24)27-15-19(23)21(2)13-17-10-5-4-6-11-17/h4-12H,13-15H2,1-3H3. The topological polar surface area (TPSA) is 84.0 Å². The Morgan fingerprint density at radius 3 is 2.21 bits per heavy atom. The maximum atomic E-state index is 12.2. The van der Waals surface area contributed by atoms with Gasteiger partial charge in [0, 0.05) is 13.6 Å². The zero-order chi connectivity index (χ0) is 20.7. The van der Waals surface area contributed by atoms with Crippen molar-refractivity contribution >= 4 is 27.6 Å². The second-order valence-electron chi connectivity index (χ2n) is 6.45. The Morgan fingerprint density at radius 2 is 1.61 bits per heavy atom. The van der Waals surface area contributed by atoms with Crippen LogP contribution < -0.4 is 4.31 Å². The van der Waals surface area contributed by atoms with E-state index in [1.54, 1.807) is 38.2 Å². The molecule has 0 bridgehead atoms. The van der Waals surface area contributed by atoms with Gasteiger partial charge in [0.05, 0.1) is 11.9 Å². The summed E-state index contributed by atoms with van der Waals surface area (Å²) in [6.45, 7) is 1.18. The number of carbonyl (C=O) groups excluding carboxylic acids is 2. The van der Waals surface area contributed by atoms with Crippen LogP contribution in [0.1, 0.15) is 11.1 Å². The van der Waals surface area contributed by atoms with Crippen molar-refractivity contribution in [2.45, 2.75) is 13.5 Å². The lowest BCUT2D eigenvalue weighted by atomic mass is 10.2. The van der Waals surface area contributed by atoms with E-state index in [0.29, 0.717) is 17.8 Å². The lowest BCUT2D eigenvalue weighted by Gasteiger charge is -2.23. The number of aryl methyl sites for hydroxylation is 1. The first-order valence-electron chi connectivity index (χ1n) is 8.65. The van der Waals surface area contributed by atoms with Gasteiger partial charge in [0.15, 0.2) is 6.61 Å². The summed E-state index contributed by atoms with van der Waals surface area (Å²) in [6, 6.07) is 16.2. The summed E-state index contributed by atoms with van der Waals surface area (Å²) in [6.07, 6.45) is 1.02. The molecule has 0 unspecified atom stereocenters. The van der Waals surface area contributed by atoms with Crippen LogP contribution >= 0.6 is 0 Å². The van der Waals surface area contributed by atoms with Crippen LogP contribution in [0.25, 0.3) is 0 Å². The number of esters is 1. The molecule has 0 aromatic heterocycles. The number of amides is 1. The number of carbonyl (C=O) groups is 2. The highest BCUT2D eigenvalue weighted by Gasteiger charge is 2.23. The zero-order valence-electron chi connectivity index (χ0n) is 16.2. The van der Waals surface area contributed by atoms with Gasteiger partial charge in [-0.1, -0.05) is 48.5 Å². The molecule has 150 valence electrons. The number of hydrogen-bond acceptors (Lipinski definition) is 5. The molecule has 0 atom stereocenters. The minimum Gasteiger partial charge on any atom is -0.454 e. The molecule has 0 aliphatic rings. The van der Waals surface area contributed by atoms with Crippen molar-refractivity contribution in [1.29, 1.82) is 0 Å². The predicted molar refractivity (Wildman–Crippen MR) is 107 cm³/mol. The fourth-order valence-electron chi connectivity index (χ4n) is 2.59. The van der Waals surface area contributed by atoms with Crippen molar-refractivity contribution in [3.63, 3.8) is 0 Å². The number of nitrogens with zero attached hydrogens (tertiary/aromatic N) is 2. The largest absolute Gasteiger partial charge is 0.454 e. The Kier molecular flexibility index (Phi) is 7.17. The van der Waals surface area contributed by atoms with Crippen molar-refractivity contribution in [2.75, 3.05) is 30.8 Å². The van der Waals surface area contributed by atoms with E-state index >= 15 is 0 Å². The number of hydrogen-bond donors (Lipinski definition) is 0. The molecule has 0 aliphatic carbocycles. The van der Waals surface area contributed by atoms with Crippen LogP contribution in [0.4, 0.5) is 5.69 Å². The highest BCUT2D eigenvalue weighted by atomic mass is 32.2. The van der Waals surface area contributed by atoms with Crippen molar-refractivity contribution in [1.82, 2.24) is 4.90 Å². The van der Waals surface area contributed by atoms with Gasteiger partial charge in [-0.25, -0.2) is 8.42 Å². The van der Waals surface area contributed by atoms with Gasteiger partial charge in [-0.05, 0) is 24.1 Å². The fourth-order valence-corrected chi connectivity index (χ4v) is 3.49. The van der Waals surface area contributed by atoms with Gasteiger partial charge in [-0.15, -0.1) is 0 Å². The Bertz CT molecular complexity index is 929. The normalized spacial score (nSPS) is 11.0. The number of likely N-dealkylation sites (N-methyl/N-ethyl adjacent to an activating group) is 1. The van der Waals surface area contributed by atoms with Crippen LogP contribution in [0.2, 0.25) is 0 Å². The Labute approximate surface area is 165 Å². The van der Waals surface area contributed by atoms with E-state index in [4.69, 9.17) is 4.74 Å². The molecule has 0 saturated carbocycles. The van der Waals surface area contributed by atoms with Gasteiger partial charge >= 0.3 is 5.97 Å². The number of anilines is 1. The van der Waals surface area contributed by atoms with E-state index in [1.165, 1.54) is 4.90 Å². The van der Waals surface area contributed by atoms with Crippen LogP contribution in [-0.4, -0.2) is 51.6 Å². The molecule has 0 spiro atoms. The van der Waals surface area contributed by atoms with E-state index in [9.17, 15) is 18.0 Å². The average molecular weight is 404 g/mol. The highest BCUT2D eigenvalue weighted by Crippen LogP contribution is 2.21. The predicted octanol–water partition coefficient (Wildman–Crippen LogP) is 1.96. The van der Waals surface area contributed by atoms with Crippen molar-refractivity contribution < 1.29 is 22.7 Å². The van der Waals surface area contributed by atoms with E-state index in [2.05, 4.69) is 0 Å². The number of ether oxygens (including phenoxy) is 1. The Hall–Kier alpha value is -2.87.